The Balaban J connectivity index is 3.38. The molecule has 0 heterocycles. The van der Waals surface area contributed by atoms with Crippen LogP contribution < -0.4 is 0 Å². The van der Waals surface area contributed by atoms with Crippen molar-refractivity contribution in [1.82, 2.24) is 0 Å². The third-order valence-electron chi connectivity index (χ3n) is 3.55. The lowest BCUT2D eigenvalue weighted by atomic mass is 9.79. The summed E-state index contributed by atoms with van der Waals surface area (Å²) in [6, 6.07) is 6.12. The van der Waals surface area contributed by atoms with Crippen LogP contribution in [0.2, 0.25) is 0 Å². The summed E-state index contributed by atoms with van der Waals surface area (Å²) in [6.07, 6.45) is -1.89. The fourth-order valence-corrected chi connectivity index (χ4v) is 2.16. The number of aliphatic hydroxyl groups excluding tert-OH is 2. The van der Waals surface area contributed by atoms with E-state index >= 15 is 0 Å². The highest BCUT2D eigenvalue weighted by Crippen LogP contribution is 2.32. The Hall–Kier alpha value is -0.570. The zero-order valence-corrected chi connectivity index (χ0v) is 14.1. The van der Waals surface area contributed by atoms with Crippen molar-refractivity contribution in [2.24, 2.45) is 0 Å². The molecule has 2 unspecified atom stereocenters. The molecule has 0 amide bonds. The molecule has 0 fully saturated rings. The highest BCUT2D eigenvalue weighted by atomic mass is 35.5. The second kappa shape index (κ2) is 6.05. The molecule has 0 bridgehead atoms. The Bertz CT molecular complexity index is 423. The van der Waals surface area contributed by atoms with Crippen molar-refractivity contribution in [3.8, 4) is 0 Å². The molecule has 2 N–H and O–H groups in total. The minimum absolute atomic E-state index is 0.0123. The molecule has 0 aliphatic rings. The van der Waals surface area contributed by atoms with Gasteiger partial charge in [0.25, 0.3) is 0 Å². The van der Waals surface area contributed by atoms with Crippen LogP contribution in [0.5, 0.6) is 0 Å². The Morgan fingerprint density at radius 2 is 1.30 bits per heavy atom. The molecule has 20 heavy (non-hydrogen) atoms. The Labute approximate surface area is 127 Å². The molecule has 0 spiro atoms. The van der Waals surface area contributed by atoms with Crippen LogP contribution in [0.4, 0.5) is 0 Å². The number of aliphatic hydroxyl groups is 2. The summed E-state index contributed by atoms with van der Waals surface area (Å²) in [4.78, 5) is 0. The van der Waals surface area contributed by atoms with E-state index in [0.29, 0.717) is 0 Å². The van der Waals surface area contributed by atoms with Crippen molar-refractivity contribution < 1.29 is 10.2 Å². The summed E-state index contributed by atoms with van der Waals surface area (Å²) in [7, 11) is 0. The number of rotatable bonds is 3. The van der Waals surface area contributed by atoms with Crippen LogP contribution in [0.1, 0.15) is 64.3 Å². The normalized spacial score (nSPS) is 16.1. The molecule has 0 aromatic heterocycles. The molecule has 1 aromatic carbocycles. The van der Waals surface area contributed by atoms with Crippen molar-refractivity contribution in [1.29, 1.82) is 0 Å². The van der Waals surface area contributed by atoms with E-state index < -0.39 is 12.2 Å². The summed E-state index contributed by atoms with van der Waals surface area (Å²) >= 11 is 5.65. The van der Waals surface area contributed by atoms with Crippen molar-refractivity contribution >= 4 is 11.6 Å². The quantitative estimate of drug-likeness (QED) is 0.831. The zero-order chi connectivity index (χ0) is 15.7. The molecule has 3 heteroatoms. The summed E-state index contributed by atoms with van der Waals surface area (Å²) < 4.78 is 0. The number of hydrogen-bond donors (Lipinski definition) is 2. The van der Waals surface area contributed by atoms with E-state index in [2.05, 4.69) is 47.6 Å². The fraction of sp³-hybridized carbons (Fsp3) is 0.647. The van der Waals surface area contributed by atoms with E-state index in [1.165, 1.54) is 0 Å². The molecule has 0 saturated heterocycles. The first kappa shape index (κ1) is 17.5. The molecule has 1 rings (SSSR count). The first-order chi connectivity index (χ1) is 8.96. The second-order valence-electron chi connectivity index (χ2n) is 7.51. The van der Waals surface area contributed by atoms with Gasteiger partial charge in [0.2, 0.25) is 0 Å². The van der Waals surface area contributed by atoms with E-state index in [4.69, 9.17) is 11.6 Å². The fourth-order valence-electron chi connectivity index (χ4n) is 1.99. The van der Waals surface area contributed by atoms with Gasteiger partial charge in [-0.1, -0.05) is 59.7 Å². The van der Waals surface area contributed by atoms with Gasteiger partial charge in [0.05, 0.1) is 12.0 Å². The van der Waals surface area contributed by atoms with Gasteiger partial charge in [0.15, 0.2) is 0 Å². The molecule has 0 aliphatic carbocycles. The van der Waals surface area contributed by atoms with Crippen molar-refractivity contribution in [3.63, 3.8) is 0 Å². The highest BCUT2D eigenvalue weighted by molar-refractivity contribution is 6.18. The largest absolute Gasteiger partial charge is 0.389 e. The molecule has 114 valence electrons. The van der Waals surface area contributed by atoms with Gasteiger partial charge in [-0.3, -0.25) is 0 Å². The van der Waals surface area contributed by atoms with E-state index in [9.17, 15) is 10.2 Å². The van der Waals surface area contributed by atoms with Crippen LogP contribution >= 0.6 is 11.6 Å². The molecular weight excluding hydrogens is 272 g/mol. The first-order valence-corrected chi connectivity index (χ1v) is 7.58. The second-order valence-corrected chi connectivity index (χ2v) is 7.82. The number of benzene rings is 1. The topological polar surface area (TPSA) is 40.5 Å². The third-order valence-corrected chi connectivity index (χ3v) is 3.87. The number of hydrogen-bond acceptors (Lipinski definition) is 2. The summed E-state index contributed by atoms with van der Waals surface area (Å²) in [5.41, 5.74) is 3.01. The van der Waals surface area contributed by atoms with Crippen molar-refractivity contribution in [2.45, 2.75) is 64.6 Å². The molecule has 2 nitrogen and oxygen atoms in total. The van der Waals surface area contributed by atoms with Gasteiger partial charge in [0, 0.05) is 0 Å². The summed E-state index contributed by atoms with van der Waals surface area (Å²) in [5, 5.41) is 20.0. The smallest absolute Gasteiger partial charge is 0.106 e. The first-order valence-electron chi connectivity index (χ1n) is 7.05. The maximum Gasteiger partial charge on any atom is 0.106 e. The van der Waals surface area contributed by atoms with Crippen molar-refractivity contribution in [2.75, 3.05) is 5.88 Å². The Morgan fingerprint density at radius 3 is 1.60 bits per heavy atom. The van der Waals surface area contributed by atoms with E-state index in [-0.39, 0.29) is 16.7 Å². The number of halogens is 1. The minimum atomic E-state index is -0.948. The van der Waals surface area contributed by atoms with Crippen LogP contribution in [-0.2, 0) is 10.8 Å². The van der Waals surface area contributed by atoms with E-state index in [1.54, 1.807) is 0 Å². The monoisotopic (exact) mass is 298 g/mol. The van der Waals surface area contributed by atoms with Gasteiger partial charge in [-0.05, 0) is 27.5 Å². The highest BCUT2D eigenvalue weighted by Gasteiger charge is 2.24. The maximum atomic E-state index is 10.2. The molecule has 1 aromatic rings. The van der Waals surface area contributed by atoms with E-state index in [0.717, 1.165) is 16.7 Å². The lowest BCUT2D eigenvalue weighted by molar-refractivity contribution is 0.0325. The third kappa shape index (κ3) is 4.21. The average molecular weight is 299 g/mol. The average Bonchev–Trinajstić information content (AvgIpc) is 2.34. The molecule has 2 atom stereocenters. The van der Waals surface area contributed by atoms with Crippen LogP contribution in [0, 0.1) is 0 Å². The van der Waals surface area contributed by atoms with Gasteiger partial charge in [-0.2, -0.15) is 0 Å². The number of alkyl halides is 1. The van der Waals surface area contributed by atoms with Gasteiger partial charge < -0.3 is 10.2 Å². The lowest BCUT2D eigenvalue weighted by Gasteiger charge is -2.28. The minimum Gasteiger partial charge on any atom is -0.389 e. The molecule has 0 radical (unpaired) electrons. The van der Waals surface area contributed by atoms with E-state index in [1.807, 2.05) is 12.1 Å². The van der Waals surface area contributed by atoms with Gasteiger partial charge in [-0.15, -0.1) is 11.6 Å². The summed E-state index contributed by atoms with van der Waals surface area (Å²) in [6.45, 7) is 12.9. The lowest BCUT2D eigenvalue weighted by Crippen LogP contribution is -2.22. The Morgan fingerprint density at radius 1 is 0.900 bits per heavy atom. The predicted molar refractivity (Wildman–Crippen MR) is 85.5 cm³/mol. The van der Waals surface area contributed by atoms with Crippen molar-refractivity contribution in [3.05, 3.63) is 34.9 Å². The van der Waals surface area contributed by atoms with Gasteiger partial charge in [0.1, 0.15) is 6.10 Å². The SMILES string of the molecule is CC(C)(C)c1cc(C(O)C(O)CCl)cc(C(C)(C)C)c1. The van der Waals surface area contributed by atoms with Crippen LogP contribution in [0.3, 0.4) is 0 Å². The van der Waals surface area contributed by atoms with Crippen LogP contribution in [-0.4, -0.2) is 22.2 Å². The molecular formula is C17H27ClO2. The standard InChI is InChI=1S/C17H27ClO2/c1-16(2,3)12-7-11(15(20)14(19)10-18)8-13(9-12)17(4,5)6/h7-9,14-15,19-20H,10H2,1-6H3. The van der Waals surface area contributed by atoms with Gasteiger partial charge in [-0.25, -0.2) is 0 Å². The Kier molecular flexibility index (Phi) is 5.29. The molecule has 0 aliphatic heterocycles. The van der Waals surface area contributed by atoms with Gasteiger partial charge >= 0.3 is 0 Å². The van der Waals surface area contributed by atoms with Crippen LogP contribution in [0.15, 0.2) is 18.2 Å². The van der Waals surface area contributed by atoms with Crippen LogP contribution in [0.25, 0.3) is 0 Å². The summed E-state index contributed by atoms with van der Waals surface area (Å²) in [5.74, 6) is 0.0196. The predicted octanol–water partition coefficient (Wildman–Crippen LogP) is 3.91. The molecule has 0 saturated carbocycles. The zero-order valence-electron chi connectivity index (χ0n) is 13.4. The maximum absolute atomic E-state index is 10.2.